The fraction of sp³-hybridized carbons (Fsp3) is 0.333. The topological polar surface area (TPSA) is 64.4 Å². The van der Waals surface area contributed by atoms with Crippen molar-refractivity contribution in [1.82, 2.24) is 9.78 Å². The van der Waals surface area contributed by atoms with Crippen molar-refractivity contribution >= 4 is 5.97 Å². The molecule has 1 aromatic heterocycles. The molecule has 0 amide bonds. The number of rotatable bonds is 5. The summed E-state index contributed by atoms with van der Waals surface area (Å²) in [7, 11) is 1.63. The first-order valence-corrected chi connectivity index (χ1v) is 6.44. The van der Waals surface area contributed by atoms with E-state index in [4.69, 9.17) is 9.84 Å². The summed E-state index contributed by atoms with van der Waals surface area (Å²) < 4.78 is 6.97. The maximum absolute atomic E-state index is 10.7. The number of aryl methyl sites for hydroxylation is 1. The Morgan fingerprint density at radius 1 is 1.30 bits per heavy atom. The molecule has 0 saturated carbocycles. The summed E-state index contributed by atoms with van der Waals surface area (Å²) in [5, 5.41) is 13.3. The first-order chi connectivity index (χ1) is 9.52. The van der Waals surface area contributed by atoms with Crippen LogP contribution in [-0.2, 0) is 11.2 Å². The fourth-order valence-electron chi connectivity index (χ4n) is 2.24. The van der Waals surface area contributed by atoms with E-state index in [0.29, 0.717) is 6.42 Å². The van der Waals surface area contributed by atoms with Crippen LogP contribution in [0, 0.1) is 13.8 Å². The van der Waals surface area contributed by atoms with Crippen LogP contribution in [0.25, 0.3) is 5.69 Å². The van der Waals surface area contributed by atoms with Gasteiger partial charge in [0.15, 0.2) is 0 Å². The van der Waals surface area contributed by atoms with Crippen LogP contribution in [0.15, 0.2) is 24.3 Å². The minimum Gasteiger partial charge on any atom is -0.497 e. The number of aromatic nitrogens is 2. The van der Waals surface area contributed by atoms with Crippen LogP contribution in [0.1, 0.15) is 23.4 Å². The van der Waals surface area contributed by atoms with Crippen LogP contribution < -0.4 is 4.74 Å². The molecular formula is C15H18N2O3. The molecule has 0 radical (unpaired) electrons. The Kier molecular flexibility index (Phi) is 4.08. The molecule has 0 bridgehead atoms. The van der Waals surface area contributed by atoms with E-state index >= 15 is 0 Å². The number of ether oxygens (including phenoxy) is 1. The molecule has 0 atom stereocenters. The molecule has 5 heteroatoms. The summed E-state index contributed by atoms with van der Waals surface area (Å²) in [6.45, 7) is 3.87. The van der Waals surface area contributed by atoms with Gasteiger partial charge < -0.3 is 9.84 Å². The van der Waals surface area contributed by atoms with Crippen LogP contribution in [0.2, 0.25) is 0 Å². The Hall–Kier alpha value is -2.30. The van der Waals surface area contributed by atoms with Crippen molar-refractivity contribution in [2.45, 2.75) is 26.7 Å². The Morgan fingerprint density at radius 3 is 2.50 bits per heavy atom. The highest BCUT2D eigenvalue weighted by Crippen LogP contribution is 2.21. The highest BCUT2D eigenvalue weighted by Gasteiger charge is 2.13. The Labute approximate surface area is 117 Å². The van der Waals surface area contributed by atoms with Crippen molar-refractivity contribution in [3.63, 3.8) is 0 Å². The van der Waals surface area contributed by atoms with Gasteiger partial charge in [-0.3, -0.25) is 4.79 Å². The van der Waals surface area contributed by atoms with Gasteiger partial charge in [-0.25, -0.2) is 4.68 Å². The van der Waals surface area contributed by atoms with Gasteiger partial charge in [0.25, 0.3) is 0 Å². The van der Waals surface area contributed by atoms with Gasteiger partial charge in [-0.05, 0) is 50.1 Å². The molecule has 0 unspecified atom stereocenters. The van der Waals surface area contributed by atoms with Crippen LogP contribution in [-0.4, -0.2) is 28.0 Å². The molecule has 0 aliphatic carbocycles. The van der Waals surface area contributed by atoms with Gasteiger partial charge in [-0.2, -0.15) is 5.10 Å². The predicted molar refractivity (Wildman–Crippen MR) is 75.5 cm³/mol. The molecule has 1 aromatic carbocycles. The minimum absolute atomic E-state index is 0.121. The summed E-state index contributed by atoms with van der Waals surface area (Å²) in [5.74, 6) is 0.00220. The predicted octanol–water partition coefficient (Wildman–Crippen LogP) is 2.51. The summed E-state index contributed by atoms with van der Waals surface area (Å²) in [4.78, 5) is 10.7. The fourth-order valence-corrected chi connectivity index (χ4v) is 2.24. The second-order valence-electron chi connectivity index (χ2n) is 4.65. The molecular weight excluding hydrogens is 256 g/mol. The van der Waals surface area contributed by atoms with Gasteiger partial charge in [-0.15, -0.1) is 0 Å². The van der Waals surface area contributed by atoms with Gasteiger partial charge in [-0.1, -0.05) is 0 Å². The first kappa shape index (κ1) is 14.1. The number of hydrogen-bond donors (Lipinski definition) is 1. The van der Waals surface area contributed by atoms with Gasteiger partial charge in [0.1, 0.15) is 5.75 Å². The highest BCUT2D eigenvalue weighted by atomic mass is 16.5. The molecule has 0 spiro atoms. The SMILES string of the molecule is COc1ccc(-n2nc(C)c(CCC(=O)O)c2C)cc1. The minimum atomic E-state index is -0.791. The van der Waals surface area contributed by atoms with Crippen LogP contribution >= 0.6 is 0 Å². The Bertz CT molecular complexity index is 615. The van der Waals surface area contributed by atoms with E-state index in [0.717, 1.165) is 28.4 Å². The molecule has 0 fully saturated rings. The summed E-state index contributed by atoms with van der Waals surface area (Å²) in [6, 6.07) is 7.61. The number of nitrogens with zero attached hydrogens (tertiary/aromatic N) is 2. The summed E-state index contributed by atoms with van der Waals surface area (Å²) in [5.41, 5.74) is 3.80. The van der Waals surface area contributed by atoms with E-state index in [1.807, 2.05) is 42.8 Å². The number of carboxylic acid groups (broad SMARTS) is 1. The number of benzene rings is 1. The normalized spacial score (nSPS) is 10.6. The third-order valence-corrected chi connectivity index (χ3v) is 3.35. The van der Waals surface area contributed by atoms with Crippen molar-refractivity contribution in [1.29, 1.82) is 0 Å². The molecule has 106 valence electrons. The van der Waals surface area contributed by atoms with Crippen molar-refractivity contribution in [2.75, 3.05) is 7.11 Å². The number of hydrogen-bond acceptors (Lipinski definition) is 3. The van der Waals surface area contributed by atoms with Crippen molar-refractivity contribution in [2.24, 2.45) is 0 Å². The number of carboxylic acids is 1. The molecule has 0 saturated heterocycles. The average molecular weight is 274 g/mol. The van der Waals surface area contributed by atoms with Gasteiger partial charge in [0.2, 0.25) is 0 Å². The number of carbonyl (C=O) groups is 1. The summed E-state index contributed by atoms with van der Waals surface area (Å²) in [6.07, 6.45) is 0.624. The van der Waals surface area contributed by atoms with Gasteiger partial charge >= 0.3 is 5.97 Å². The molecule has 5 nitrogen and oxygen atoms in total. The van der Waals surface area contributed by atoms with E-state index in [1.165, 1.54) is 0 Å². The first-order valence-electron chi connectivity index (χ1n) is 6.44. The zero-order valence-corrected chi connectivity index (χ0v) is 11.9. The lowest BCUT2D eigenvalue weighted by Gasteiger charge is -2.06. The molecule has 0 aliphatic rings. The maximum Gasteiger partial charge on any atom is 0.303 e. The number of aliphatic carboxylic acids is 1. The van der Waals surface area contributed by atoms with E-state index in [9.17, 15) is 4.79 Å². The standard InChI is InChI=1S/C15H18N2O3/c1-10-14(8-9-15(18)19)11(2)17(16-10)12-4-6-13(20-3)7-5-12/h4-7H,8-9H2,1-3H3,(H,18,19). The third kappa shape index (κ3) is 2.82. The van der Waals surface area contributed by atoms with E-state index in [-0.39, 0.29) is 6.42 Å². The van der Waals surface area contributed by atoms with Crippen molar-refractivity contribution in [3.05, 3.63) is 41.2 Å². The van der Waals surface area contributed by atoms with Gasteiger partial charge in [0, 0.05) is 12.1 Å². The van der Waals surface area contributed by atoms with E-state index in [2.05, 4.69) is 5.10 Å². The zero-order valence-electron chi connectivity index (χ0n) is 11.9. The highest BCUT2D eigenvalue weighted by molar-refractivity contribution is 5.67. The maximum atomic E-state index is 10.7. The zero-order chi connectivity index (χ0) is 14.7. The van der Waals surface area contributed by atoms with Crippen LogP contribution in [0.4, 0.5) is 0 Å². The lowest BCUT2D eigenvalue weighted by Crippen LogP contribution is -2.01. The molecule has 0 aliphatic heterocycles. The van der Waals surface area contributed by atoms with E-state index in [1.54, 1.807) is 7.11 Å². The quantitative estimate of drug-likeness (QED) is 0.910. The molecule has 1 N–H and O–H groups in total. The van der Waals surface area contributed by atoms with Crippen LogP contribution in [0.3, 0.4) is 0 Å². The molecule has 1 heterocycles. The second-order valence-corrected chi connectivity index (χ2v) is 4.65. The molecule has 20 heavy (non-hydrogen) atoms. The Balaban J connectivity index is 2.32. The smallest absolute Gasteiger partial charge is 0.303 e. The molecule has 2 rings (SSSR count). The lowest BCUT2D eigenvalue weighted by molar-refractivity contribution is -0.136. The third-order valence-electron chi connectivity index (χ3n) is 3.35. The van der Waals surface area contributed by atoms with Crippen molar-refractivity contribution < 1.29 is 14.6 Å². The summed E-state index contributed by atoms with van der Waals surface area (Å²) >= 11 is 0. The largest absolute Gasteiger partial charge is 0.497 e. The van der Waals surface area contributed by atoms with E-state index < -0.39 is 5.97 Å². The lowest BCUT2D eigenvalue weighted by atomic mass is 10.1. The van der Waals surface area contributed by atoms with Crippen LogP contribution in [0.5, 0.6) is 5.75 Å². The van der Waals surface area contributed by atoms with Gasteiger partial charge in [0.05, 0.1) is 18.5 Å². The number of methoxy groups -OCH3 is 1. The van der Waals surface area contributed by atoms with Crippen molar-refractivity contribution in [3.8, 4) is 11.4 Å². The average Bonchev–Trinajstić information content (AvgIpc) is 2.72. The molecule has 2 aromatic rings. The second kappa shape index (κ2) is 5.77. The Morgan fingerprint density at radius 2 is 1.95 bits per heavy atom. The monoisotopic (exact) mass is 274 g/mol.